The van der Waals surface area contributed by atoms with E-state index in [-0.39, 0.29) is 0 Å². The largest absolute Gasteiger partial charge is 0.372 e. The van der Waals surface area contributed by atoms with E-state index in [0.717, 1.165) is 16.0 Å². The monoisotopic (exact) mass is 317 g/mol. The standard InChI is InChI=1S/C14H21BrClN/c1-10(2)7-11(3)17(4)13-6-5-12(9-16)14(15)8-13/h5-6,8,10-11H,7,9H2,1-4H3. The van der Waals surface area contributed by atoms with Crippen molar-refractivity contribution < 1.29 is 0 Å². The van der Waals surface area contributed by atoms with E-state index in [2.05, 4.69) is 66.8 Å². The highest BCUT2D eigenvalue weighted by molar-refractivity contribution is 9.10. The van der Waals surface area contributed by atoms with Crippen LogP contribution in [0.1, 0.15) is 32.8 Å². The summed E-state index contributed by atoms with van der Waals surface area (Å²) in [5.41, 5.74) is 2.37. The van der Waals surface area contributed by atoms with Gasteiger partial charge >= 0.3 is 0 Å². The molecule has 0 spiro atoms. The molecular formula is C14H21BrClN. The van der Waals surface area contributed by atoms with E-state index in [1.165, 1.54) is 12.1 Å². The van der Waals surface area contributed by atoms with E-state index in [1.54, 1.807) is 0 Å². The van der Waals surface area contributed by atoms with Crippen molar-refractivity contribution in [2.24, 2.45) is 5.92 Å². The molecule has 0 amide bonds. The molecule has 0 aliphatic rings. The van der Waals surface area contributed by atoms with E-state index in [9.17, 15) is 0 Å². The zero-order chi connectivity index (χ0) is 13.0. The first-order valence-electron chi connectivity index (χ1n) is 6.03. The van der Waals surface area contributed by atoms with Crippen LogP contribution in [0.2, 0.25) is 0 Å². The number of halogens is 2. The van der Waals surface area contributed by atoms with Gasteiger partial charge in [-0.25, -0.2) is 0 Å². The van der Waals surface area contributed by atoms with Crippen LogP contribution in [-0.2, 0) is 5.88 Å². The Morgan fingerprint density at radius 1 is 1.29 bits per heavy atom. The molecule has 0 saturated heterocycles. The maximum absolute atomic E-state index is 5.85. The molecule has 0 aromatic heterocycles. The predicted molar refractivity (Wildman–Crippen MR) is 81.0 cm³/mol. The topological polar surface area (TPSA) is 3.24 Å². The van der Waals surface area contributed by atoms with Crippen LogP contribution < -0.4 is 4.90 Å². The summed E-state index contributed by atoms with van der Waals surface area (Å²) < 4.78 is 1.09. The molecule has 0 aliphatic carbocycles. The zero-order valence-corrected chi connectivity index (χ0v) is 13.3. The number of alkyl halides is 1. The van der Waals surface area contributed by atoms with Crippen molar-refractivity contribution in [1.29, 1.82) is 0 Å². The van der Waals surface area contributed by atoms with Crippen LogP contribution >= 0.6 is 27.5 Å². The molecule has 1 aromatic rings. The Kier molecular flexibility index (Phi) is 5.81. The van der Waals surface area contributed by atoms with Crippen molar-refractivity contribution in [3.05, 3.63) is 28.2 Å². The summed E-state index contributed by atoms with van der Waals surface area (Å²) >= 11 is 9.42. The number of hydrogen-bond donors (Lipinski definition) is 0. The van der Waals surface area contributed by atoms with Crippen LogP contribution in [0.5, 0.6) is 0 Å². The third kappa shape index (κ3) is 4.18. The van der Waals surface area contributed by atoms with Gasteiger partial charge in [-0.15, -0.1) is 11.6 Å². The number of benzene rings is 1. The van der Waals surface area contributed by atoms with Crippen molar-refractivity contribution >= 4 is 33.2 Å². The predicted octanol–water partition coefficient (Wildman–Crippen LogP) is 5.06. The lowest BCUT2D eigenvalue weighted by atomic mass is 10.0. The SMILES string of the molecule is CC(C)CC(C)N(C)c1ccc(CCl)c(Br)c1. The van der Waals surface area contributed by atoms with Gasteiger partial charge in [0, 0.05) is 29.1 Å². The quantitative estimate of drug-likeness (QED) is 0.686. The Morgan fingerprint density at radius 2 is 1.94 bits per heavy atom. The minimum absolute atomic E-state index is 0.545. The van der Waals surface area contributed by atoms with E-state index < -0.39 is 0 Å². The number of anilines is 1. The van der Waals surface area contributed by atoms with Gasteiger partial charge in [-0.2, -0.15) is 0 Å². The fourth-order valence-corrected chi connectivity index (χ4v) is 2.86. The summed E-state index contributed by atoms with van der Waals surface area (Å²) in [5.74, 6) is 1.27. The summed E-state index contributed by atoms with van der Waals surface area (Å²) in [7, 11) is 2.15. The van der Waals surface area contributed by atoms with Gasteiger partial charge in [0.05, 0.1) is 0 Å². The lowest BCUT2D eigenvalue weighted by Crippen LogP contribution is -2.30. The Bertz CT molecular complexity index is 365. The molecule has 1 atom stereocenters. The van der Waals surface area contributed by atoms with Gasteiger partial charge in [-0.1, -0.05) is 35.8 Å². The van der Waals surface area contributed by atoms with Crippen LogP contribution in [0.25, 0.3) is 0 Å². The molecule has 1 unspecified atom stereocenters. The van der Waals surface area contributed by atoms with Crippen molar-refractivity contribution in [3.8, 4) is 0 Å². The molecule has 1 nitrogen and oxygen atoms in total. The third-order valence-corrected chi connectivity index (χ3v) is 4.09. The highest BCUT2D eigenvalue weighted by Crippen LogP contribution is 2.26. The summed E-state index contributed by atoms with van der Waals surface area (Å²) in [4.78, 5) is 2.32. The van der Waals surface area contributed by atoms with Crippen LogP contribution in [0.3, 0.4) is 0 Å². The first-order valence-corrected chi connectivity index (χ1v) is 7.35. The van der Waals surface area contributed by atoms with Gasteiger partial charge in [0.15, 0.2) is 0 Å². The first-order chi connectivity index (χ1) is 7.95. The first kappa shape index (κ1) is 14.8. The van der Waals surface area contributed by atoms with Crippen molar-refractivity contribution in [2.45, 2.75) is 39.1 Å². The summed E-state index contributed by atoms with van der Waals surface area (Å²) in [6.45, 7) is 6.79. The zero-order valence-electron chi connectivity index (χ0n) is 11.0. The Balaban J connectivity index is 2.82. The fraction of sp³-hybridized carbons (Fsp3) is 0.571. The average molecular weight is 319 g/mol. The summed E-state index contributed by atoms with van der Waals surface area (Å²) in [6, 6.07) is 6.92. The fourth-order valence-electron chi connectivity index (χ4n) is 1.96. The molecule has 0 fully saturated rings. The Labute approximate surface area is 118 Å². The van der Waals surface area contributed by atoms with Gasteiger partial charge in [-0.05, 0) is 37.0 Å². The van der Waals surface area contributed by atoms with Crippen LogP contribution in [0.4, 0.5) is 5.69 Å². The molecule has 0 N–H and O–H groups in total. The van der Waals surface area contributed by atoms with Crippen LogP contribution in [0.15, 0.2) is 22.7 Å². The molecule has 1 rings (SSSR count). The average Bonchev–Trinajstić information content (AvgIpc) is 2.27. The lowest BCUT2D eigenvalue weighted by molar-refractivity contribution is 0.504. The second-order valence-corrected chi connectivity index (χ2v) is 6.12. The molecule has 0 radical (unpaired) electrons. The highest BCUT2D eigenvalue weighted by atomic mass is 79.9. The maximum Gasteiger partial charge on any atom is 0.0485 e. The van der Waals surface area contributed by atoms with Crippen LogP contribution in [-0.4, -0.2) is 13.1 Å². The molecule has 1 aromatic carbocycles. The Morgan fingerprint density at radius 3 is 2.41 bits per heavy atom. The minimum Gasteiger partial charge on any atom is -0.372 e. The smallest absolute Gasteiger partial charge is 0.0485 e. The minimum atomic E-state index is 0.545. The molecule has 0 heterocycles. The van der Waals surface area contributed by atoms with Gasteiger partial charge in [0.1, 0.15) is 0 Å². The number of nitrogens with zero attached hydrogens (tertiary/aromatic N) is 1. The second kappa shape index (κ2) is 6.65. The Hall–Kier alpha value is -0.210. The van der Waals surface area contributed by atoms with Gasteiger partial charge in [0.2, 0.25) is 0 Å². The van der Waals surface area contributed by atoms with E-state index in [0.29, 0.717) is 11.9 Å². The van der Waals surface area contributed by atoms with Crippen molar-refractivity contribution in [1.82, 2.24) is 0 Å². The molecule has 17 heavy (non-hydrogen) atoms. The molecule has 3 heteroatoms. The van der Waals surface area contributed by atoms with Crippen molar-refractivity contribution in [2.75, 3.05) is 11.9 Å². The van der Waals surface area contributed by atoms with Gasteiger partial charge in [0.25, 0.3) is 0 Å². The van der Waals surface area contributed by atoms with E-state index >= 15 is 0 Å². The van der Waals surface area contributed by atoms with Crippen LogP contribution in [0, 0.1) is 5.92 Å². The molecule has 0 saturated carbocycles. The van der Waals surface area contributed by atoms with Crippen molar-refractivity contribution in [3.63, 3.8) is 0 Å². The normalized spacial score (nSPS) is 12.9. The molecule has 96 valence electrons. The van der Waals surface area contributed by atoms with E-state index in [1.807, 2.05) is 0 Å². The van der Waals surface area contributed by atoms with Gasteiger partial charge in [-0.3, -0.25) is 0 Å². The maximum atomic E-state index is 5.85. The number of rotatable bonds is 5. The van der Waals surface area contributed by atoms with E-state index in [4.69, 9.17) is 11.6 Å². The summed E-state index contributed by atoms with van der Waals surface area (Å²) in [6.07, 6.45) is 1.20. The highest BCUT2D eigenvalue weighted by Gasteiger charge is 2.12. The molecule has 0 aliphatic heterocycles. The summed E-state index contributed by atoms with van der Waals surface area (Å²) in [5, 5.41) is 0. The molecule has 0 bridgehead atoms. The lowest BCUT2D eigenvalue weighted by Gasteiger charge is -2.28. The molecular weight excluding hydrogens is 298 g/mol. The van der Waals surface area contributed by atoms with Gasteiger partial charge < -0.3 is 4.90 Å². The third-order valence-electron chi connectivity index (χ3n) is 3.06. The second-order valence-electron chi connectivity index (χ2n) is 5.00. The number of hydrogen-bond acceptors (Lipinski definition) is 1.